The largest absolute Gasteiger partial charge is 0.394 e. The van der Waals surface area contributed by atoms with Gasteiger partial charge in [0.1, 0.15) is 0 Å². The van der Waals surface area contributed by atoms with Crippen molar-refractivity contribution >= 4 is 40.2 Å². The highest BCUT2D eigenvalue weighted by molar-refractivity contribution is 7.98. The van der Waals surface area contributed by atoms with Gasteiger partial charge < -0.3 is 15.0 Å². The SMILES string of the molecule is CSCCC(CO)NC(=O)CCn1ccc2ccc(Cl)cc21. The highest BCUT2D eigenvalue weighted by Crippen LogP contribution is 2.20. The number of rotatable bonds is 8. The average molecular weight is 341 g/mol. The van der Waals surface area contributed by atoms with Gasteiger partial charge in [0.05, 0.1) is 12.6 Å². The van der Waals surface area contributed by atoms with Crippen LogP contribution in [0.25, 0.3) is 10.9 Å². The Hall–Kier alpha value is -1.17. The van der Waals surface area contributed by atoms with Crippen molar-refractivity contribution in [3.63, 3.8) is 0 Å². The number of hydrogen-bond donors (Lipinski definition) is 2. The van der Waals surface area contributed by atoms with Crippen molar-refractivity contribution in [2.24, 2.45) is 0 Å². The maximum atomic E-state index is 12.0. The first-order valence-electron chi connectivity index (χ1n) is 7.27. The first-order valence-corrected chi connectivity index (χ1v) is 9.04. The predicted octanol–water partition coefficient (Wildman–Crippen LogP) is 2.92. The molecule has 0 fully saturated rings. The van der Waals surface area contributed by atoms with E-state index in [2.05, 4.69) is 5.32 Å². The van der Waals surface area contributed by atoms with Crippen LogP contribution in [0.5, 0.6) is 0 Å². The minimum absolute atomic E-state index is 0.0195. The Morgan fingerprint density at radius 1 is 1.45 bits per heavy atom. The van der Waals surface area contributed by atoms with Crippen molar-refractivity contribution in [1.29, 1.82) is 0 Å². The number of carbonyl (C=O) groups excluding carboxylic acids is 1. The first kappa shape index (κ1) is 17.2. The van der Waals surface area contributed by atoms with E-state index in [0.717, 1.165) is 23.1 Å². The van der Waals surface area contributed by atoms with Crippen molar-refractivity contribution in [2.45, 2.75) is 25.4 Å². The molecule has 0 radical (unpaired) electrons. The number of fused-ring (bicyclic) bond motifs is 1. The molecule has 0 saturated carbocycles. The number of aliphatic hydroxyl groups is 1. The Morgan fingerprint density at radius 3 is 3.00 bits per heavy atom. The summed E-state index contributed by atoms with van der Waals surface area (Å²) in [4.78, 5) is 12.0. The summed E-state index contributed by atoms with van der Waals surface area (Å²) in [5, 5.41) is 14.0. The molecule has 4 nitrogen and oxygen atoms in total. The van der Waals surface area contributed by atoms with Gasteiger partial charge in [0.25, 0.3) is 0 Å². The molecule has 0 saturated heterocycles. The highest BCUT2D eigenvalue weighted by Gasteiger charge is 2.11. The van der Waals surface area contributed by atoms with Crippen LogP contribution in [-0.2, 0) is 11.3 Å². The minimum atomic E-state index is -0.157. The smallest absolute Gasteiger partial charge is 0.222 e. The lowest BCUT2D eigenvalue weighted by atomic mass is 10.2. The molecule has 1 heterocycles. The van der Waals surface area contributed by atoms with E-state index >= 15 is 0 Å². The molecule has 0 aliphatic rings. The van der Waals surface area contributed by atoms with Crippen LogP contribution in [-0.4, -0.2) is 40.2 Å². The Bertz CT molecular complexity index is 630. The molecule has 6 heteroatoms. The van der Waals surface area contributed by atoms with Gasteiger partial charge in [0, 0.05) is 29.7 Å². The van der Waals surface area contributed by atoms with E-state index in [1.165, 1.54) is 0 Å². The molecule has 2 aromatic rings. The molecule has 2 rings (SSSR count). The normalized spacial score (nSPS) is 12.5. The number of aryl methyl sites for hydroxylation is 1. The van der Waals surface area contributed by atoms with Gasteiger partial charge in [-0.2, -0.15) is 11.8 Å². The van der Waals surface area contributed by atoms with E-state index in [-0.39, 0.29) is 18.6 Å². The van der Waals surface area contributed by atoms with Crippen molar-refractivity contribution in [2.75, 3.05) is 18.6 Å². The quantitative estimate of drug-likeness (QED) is 0.777. The van der Waals surface area contributed by atoms with Gasteiger partial charge in [-0.15, -0.1) is 0 Å². The van der Waals surface area contributed by atoms with Gasteiger partial charge in [-0.05, 0) is 42.0 Å². The summed E-state index contributed by atoms with van der Waals surface area (Å²) in [5.41, 5.74) is 1.03. The van der Waals surface area contributed by atoms with E-state index in [1.54, 1.807) is 11.8 Å². The summed E-state index contributed by atoms with van der Waals surface area (Å²) in [5.74, 6) is 0.885. The highest BCUT2D eigenvalue weighted by atomic mass is 35.5. The van der Waals surface area contributed by atoms with Crippen LogP contribution in [0.1, 0.15) is 12.8 Å². The number of hydrogen-bond acceptors (Lipinski definition) is 3. The number of nitrogens with one attached hydrogen (secondary N) is 1. The molecule has 1 aromatic heterocycles. The van der Waals surface area contributed by atoms with Gasteiger partial charge in [0.15, 0.2) is 0 Å². The number of aromatic nitrogens is 1. The molecule has 120 valence electrons. The van der Waals surface area contributed by atoms with Crippen LogP contribution in [0.4, 0.5) is 0 Å². The van der Waals surface area contributed by atoms with Gasteiger partial charge >= 0.3 is 0 Å². The summed E-state index contributed by atoms with van der Waals surface area (Å²) >= 11 is 7.73. The molecule has 1 amide bonds. The maximum Gasteiger partial charge on any atom is 0.222 e. The van der Waals surface area contributed by atoms with Crippen molar-refractivity contribution < 1.29 is 9.90 Å². The van der Waals surface area contributed by atoms with Crippen LogP contribution in [0.3, 0.4) is 0 Å². The fourth-order valence-electron chi connectivity index (χ4n) is 2.34. The maximum absolute atomic E-state index is 12.0. The summed E-state index contributed by atoms with van der Waals surface area (Å²) in [6, 6.07) is 7.59. The summed E-state index contributed by atoms with van der Waals surface area (Å²) < 4.78 is 2.02. The third-order valence-corrected chi connectivity index (χ3v) is 4.45. The van der Waals surface area contributed by atoms with Crippen molar-refractivity contribution in [3.05, 3.63) is 35.5 Å². The molecule has 22 heavy (non-hydrogen) atoms. The molecular weight excluding hydrogens is 320 g/mol. The molecule has 0 aliphatic carbocycles. The lowest BCUT2D eigenvalue weighted by Gasteiger charge is -2.16. The fraction of sp³-hybridized carbons (Fsp3) is 0.438. The molecule has 0 spiro atoms. The zero-order chi connectivity index (χ0) is 15.9. The number of amides is 1. The van der Waals surface area contributed by atoms with Crippen molar-refractivity contribution in [1.82, 2.24) is 9.88 Å². The van der Waals surface area contributed by atoms with E-state index < -0.39 is 0 Å². The minimum Gasteiger partial charge on any atom is -0.394 e. The zero-order valence-corrected chi connectivity index (χ0v) is 14.2. The van der Waals surface area contributed by atoms with Crippen LogP contribution in [0, 0.1) is 0 Å². The number of carbonyl (C=O) groups is 1. The number of aliphatic hydroxyl groups excluding tert-OH is 1. The molecule has 0 bridgehead atoms. The Balaban J connectivity index is 1.91. The van der Waals surface area contributed by atoms with Crippen LogP contribution < -0.4 is 5.32 Å². The number of halogens is 1. The van der Waals surface area contributed by atoms with E-state index in [9.17, 15) is 9.90 Å². The Kier molecular flexibility index (Phi) is 6.61. The van der Waals surface area contributed by atoms with Gasteiger partial charge in [-0.1, -0.05) is 17.7 Å². The lowest BCUT2D eigenvalue weighted by Crippen LogP contribution is -2.38. The summed E-state index contributed by atoms with van der Waals surface area (Å²) in [6.07, 6.45) is 5.14. The van der Waals surface area contributed by atoms with Gasteiger partial charge in [-0.25, -0.2) is 0 Å². The van der Waals surface area contributed by atoms with Crippen LogP contribution in [0.2, 0.25) is 5.02 Å². The molecule has 0 aliphatic heterocycles. The third-order valence-electron chi connectivity index (χ3n) is 3.57. The number of nitrogens with zero attached hydrogens (tertiary/aromatic N) is 1. The van der Waals surface area contributed by atoms with Crippen LogP contribution >= 0.6 is 23.4 Å². The molecule has 1 atom stereocenters. The number of thioether (sulfide) groups is 1. The standard InChI is InChI=1S/C16H21ClN2O2S/c1-22-9-6-14(11-20)18-16(21)5-8-19-7-4-12-2-3-13(17)10-15(12)19/h2-4,7,10,14,20H,5-6,8-9,11H2,1H3,(H,18,21). The van der Waals surface area contributed by atoms with Crippen molar-refractivity contribution in [3.8, 4) is 0 Å². The second-order valence-electron chi connectivity index (χ2n) is 5.19. The molecule has 1 aromatic carbocycles. The third kappa shape index (κ3) is 4.66. The van der Waals surface area contributed by atoms with E-state index in [4.69, 9.17) is 11.6 Å². The summed E-state index contributed by atoms with van der Waals surface area (Å²) in [6.45, 7) is 0.574. The van der Waals surface area contributed by atoms with Crippen LogP contribution in [0.15, 0.2) is 30.5 Å². The average Bonchev–Trinajstić information content (AvgIpc) is 2.91. The topological polar surface area (TPSA) is 54.3 Å². The second kappa shape index (κ2) is 8.46. The predicted molar refractivity (Wildman–Crippen MR) is 93.6 cm³/mol. The first-order chi connectivity index (χ1) is 10.6. The Morgan fingerprint density at radius 2 is 2.27 bits per heavy atom. The monoisotopic (exact) mass is 340 g/mol. The van der Waals surface area contributed by atoms with E-state index in [1.807, 2.05) is 41.3 Å². The fourth-order valence-corrected chi connectivity index (χ4v) is 3.03. The lowest BCUT2D eigenvalue weighted by molar-refractivity contribution is -0.122. The van der Waals surface area contributed by atoms with Gasteiger partial charge in [0.2, 0.25) is 5.91 Å². The second-order valence-corrected chi connectivity index (χ2v) is 6.61. The molecular formula is C16H21ClN2O2S. The molecule has 2 N–H and O–H groups in total. The Labute approximate surface area is 139 Å². The van der Waals surface area contributed by atoms with E-state index in [0.29, 0.717) is 18.0 Å². The zero-order valence-electron chi connectivity index (χ0n) is 12.6. The van der Waals surface area contributed by atoms with Gasteiger partial charge in [-0.3, -0.25) is 4.79 Å². The number of benzene rings is 1. The summed E-state index contributed by atoms with van der Waals surface area (Å²) in [7, 11) is 0. The molecule has 1 unspecified atom stereocenters.